The third-order valence-electron chi connectivity index (χ3n) is 2.71. The highest BCUT2D eigenvalue weighted by Crippen LogP contribution is 2.14. The Hall–Kier alpha value is -1.84. The minimum absolute atomic E-state index is 0.0728. The van der Waals surface area contributed by atoms with Gasteiger partial charge < -0.3 is 10.6 Å². The first kappa shape index (κ1) is 14.2. The Bertz CT molecular complexity index is 385. The van der Waals surface area contributed by atoms with Crippen LogP contribution in [0.25, 0.3) is 0 Å². The van der Waals surface area contributed by atoms with Gasteiger partial charge in [0.1, 0.15) is 0 Å². The summed E-state index contributed by atoms with van der Waals surface area (Å²) < 4.78 is 0. The normalized spacial score (nSPS) is 10.2. The number of amides is 2. The van der Waals surface area contributed by atoms with Crippen molar-refractivity contribution in [2.75, 3.05) is 13.1 Å². The second-order valence-corrected chi connectivity index (χ2v) is 4.46. The highest BCUT2D eigenvalue weighted by molar-refractivity contribution is 5.94. The number of carbonyl (C=O) groups excluding carboxylic acids is 2. The van der Waals surface area contributed by atoms with Crippen molar-refractivity contribution in [3.05, 3.63) is 35.4 Å². The molecule has 1 rings (SSSR count). The van der Waals surface area contributed by atoms with Gasteiger partial charge in [0.25, 0.3) is 5.91 Å². The van der Waals surface area contributed by atoms with Crippen LogP contribution >= 0.6 is 0 Å². The zero-order valence-corrected chi connectivity index (χ0v) is 10.9. The van der Waals surface area contributed by atoms with Gasteiger partial charge in [0, 0.05) is 18.7 Å². The molecule has 0 fully saturated rings. The summed E-state index contributed by atoms with van der Waals surface area (Å²) in [6, 6.07) is 7.64. The summed E-state index contributed by atoms with van der Waals surface area (Å²) in [5.41, 5.74) is 1.89. The fourth-order valence-corrected chi connectivity index (χ4v) is 1.57. The number of hydrogen-bond donors (Lipinski definition) is 2. The first-order valence-corrected chi connectivity index (χ1v) is 6.20. The maximum atomic E-state index is 11.8. The number of rotatable bonds is 7. The van der Waals surface area contributed by atoms with Crippen molar-refractivity contribution in [3.8, 4) is 0 Å². The smallest absolute Gasteiger partial charge is 0.251 e. The molecule has 0 aliphatic carbocycles. The van der Waals surface area contributed by atoms with Crippen molar-refractivity contribution in [1.29, 1.82) is 0 Å². The van der Waals surface area contributed by atoms with Crippen LogP contribution in [0.2, 0.25) is 0 Å². The van der Waals surface area contributed by atoms with Gasteiger partial charge in [0.05, 0.1) is 0 Å². The zero-order valence-electron chi connectivity index (χ0n) is 10.9. The molecule has 0 bridgehead atoms. The lowest BCUT2D eigenvalue weighted by molar-refractivity contribution is -0.109. The van der Waals surface area contributed by atoms with E-state index >= 15 is 0 Å². The molecule has 0 aliphatic rings. The molecule has 1 aromatic rings. The van der Waals surface area contributed by atoms with Gasteiger partial charge in [-0.2, -0.15) is 0 Å². The maximum absolute atomic E-state index is 11.8. The van der Waals surface area contributed by atoms with E-state index in [-0.39, 0.29) is 5.91 Å². The van der Waals surface area contributed by atoms with Crippen molar-refractivity contribution < 1.29 is 9.59 Å². The molecule has 0 saturated carbocycles. The maximum Gasteiger partial charge on any atom is 0.251 e. The predicted molar refractivity (Wildman–Crippen MR) is 71.5 cm³/mol. The molecule has 0 atom stereocenters. The fourth-order valence-electron chi connectivity index (χ4n) is 1.57. The van der Waals surface area contributed by atoms with E-state index in [0.717, 1.165) is 6.42 Å². The molecule has 0 heterocycles. The summed E-state index contributed by atoms with van der Waals surface area (Å²) in [6.07, 6.45) is 1.39. The standard InChI is InChI=1S/C14H20N2O2/c1-11(2)12-4-6-13(7-5-12)14(18)16-9-3-8-15-10-17/h4-7,10-11H,3,8-9H2,1-2H3,(H,15,17)(H,16,18). The minimum atomic E-state index is -0.0728. The molecule has 0 unspecified atom stereocenters. The van der Waals surface area contributed by atoms with Crippen LogP contribution in [0.1, 0.15) is 42.1 Å². The van der Waals surface area contributed by atoms with Crippen molar-refractivity contribution in [1.82, 2.24) is 10.6 Å². The van der Waals surface area contributed by atoms with Gasteiger partial charge >= 0.3 is 0 Å². The molecule has 18 heavy (non-hydrogen) atoms. The van der Waals surface area contributed by atoms with Gasteiger partial charge in [0.2, 0.25) is 6.41 Å². The Kier molecular flexibility index (Phi) is 5.91. The summed E-state index contributed by atoms with van der Waals surface area (Å²) in [7, 11) is 0. The number of benzene rings is 1. The molecule has 1 aromatic carbocycles. The average Bonchev–Trinajstić information content (AvgIpc) is 2.38. The van der Waals surface area contributed by atoms with Crippen LogP contribution in [-0.2, 0) is 4.79 Å². The molecule has 0 radical (unpaired) electrons. The number of hydrogen-bond acceptors (Lipinski definition) is 2. The highest BCUT2D eigenvalue weighted by Gasteiger charge is 2.05. The number of carbonyl (C=O) groups is 2. The van der Waals surface area contributed by atoms with Gasteiger partial charge in [0.15, 0.2) is 0 Å². The van der Waals surface area contributed by atoms with E-state index in [4.69, 9.17) is 0 Å². The zero-order chi connectivity index (χ0) is 13.4. The summed E-state index contributed by atoms with van der Waals surface area (Å²) in [5.74, 6) is 0.396. The van der Waals surface area contributed by atoms with E-state index in [1.54, 1.807) is 0 Å². The summed E-state index contributed by atoms with van der Waals surface area (Å²) >= 11 is 0. The predicted octanol–water partition coefficient (Wildman–Crippen LogP) is 1.68. The second kappa shape index (κ2) is 7.48. The molecule has 98 valence electrons. The van der Waals surface area contributed by atoms with Crippen LogP contribution in [-0.4, -0.2) is 25.4 Å². The third kappa shape index (κ3) is 4.57. The van der Waals surface area contributed by atoms with Gasteiger partial charge in [-0.25, -0.2) is 0 Å². The van der Waals surface area contributed by atoms with Crippen LogP contribution in [0.4, 0.5) is 0 Å². The Morgan fingerprint density at radius 2 is 1.89 bits per heavy atom. The largest absolute Gasteiger partial charge is 0.359 e. The van der Waals surface area contributed by atoms with Crippen LogP contribution < -0.4 is 10.6 Å². The third-order valence-corrected chi connectivity index (χ3v) is 2.71. The quantitative estimate of drug-likeness (QED) is 0.569. The van der Waals surface area contributed by atoms with Crippen molar-refractivity contribution in [3.63, 3.8) is 0 Å². The van der Waals surface area contributed by atoms with Gasteiger partial charge in [-0.1, -0.05) is 26.0 Å². The molecule has 4 nitrogen and oxygen atoms in total. The highest BCUT2D eigenvalue weighted by atomic mass is 16.1. The Balaban J connectivity index is 2.39. The van der Waals surface area contributed by atoms with Crippen LogP contribution in [0, 0.1) is 0 Å². The molecule has 4 heteroatoms. The molecule has 0 aliphatic heterocycles. The van der Waals surface area contributed by atoms with E-state index in [0.29, 0.717) is 31.0 Å². The Morgan fingerprint density at radius 3 is 2.44 bits per heavy atom. The first-order valence-electron chi connectivity index (χ1n) is 6.20. The first-order chi connectivity index (χ1) is 8.65. The molecule has 0 spiro atoms. The van der Waals surface area contributed by atoms with Crippen LogP contribution in [0.15, 0.2) is 24.3 Å². The lowest BCUT2D eigenvalue weighted by Crippen LogP contribution is -2.27. The van der Waals surface area contributed by atoms with Gasteiger partial charge in [-0.3, -0.25) is 9.59 Å². The van der Waals surface area contributed by atoms with E-state index in [9.17, 15) is 9.59 Å². The fraction of sp³-hybridized carbons (Fsp3) is 0.429. The lowest BCUT2D eigenvalue weighted by Gasteiger charge is -2.07. The van der Waals surface area contributed by atoms with E-state index < -0.39 is 0 Å². The Labute approximate surface area is 108 Å². The molecular formula is C14H20N2O2. The van der Waals surface area contributed by atoms with Crippen molar-refractivity contribution in [2.24, 2.45) is 0 Å². The van der Waals surface area contributed by atoms with Gasteiger partial charge in [-0.15, -0.1) is 0 Å². The summed E-state index contributed by atoms with van der Waals surface area (Å²) in [5, 5.41) is 5.36. The second-order valence-electron chi connectivity index (χ2n) is 4.46. The van der Waals surface area contributed by atoms with E-state index in [1.807, 2.05) is 24.3 Å². The lowest BCUT2D eigenvalue weighted by atomic mass is 10.0. The van der Waals surface area contributed by atoms with E-state index in [1.165, 1.54) is 5.56 Å². The van der Waals surface area contributed by atoms with Crippen molar-refractivity contribution >= 4 is 12.3 Å². The molecular weight excluding hydrogens is 228 g/mol. The average molecular weight is 248 g/mol. The topological polar surface area (TPSA) is 58.2 Å². The molecule has 2 amide bonds. The molecule has 2 N–H and O–H groups in total. The molecule has 0 saturated heterocycles. The SMILES string of the molecule is CC(C)c1ccc(C(=O)NCCCNC=O)cc1. The van der Waals surface area contributed by atoms with E-state index in [2.05, 4.69) is 24.5 Å². The Morgan fingerprint density at radius 1 is 1.22 bits per heavy atom. The van der Waals surface area contributed by atoms with Gasteiger partial charge in [-0.05, 0) is 30.0 Å². The molecule has 0 aromatic heterocycles. The number of nitrogens with one attached hydrogen (secondary N) is 2. The summed E-state index contributed by atoms with van der Waals surface area (Å²) in [4.78, 5) is 21.8. The minimum Gasteiger partial charge on any atom is -0.359 e. The monoisotopic (exact) mass is 248 g/mol. The van der Waals surface area contributed by atoms with Crippen LogP contribution in [0.3, 0.4) is 0 Å². The van der Waals surface area contributed by atoms with Crippen LogP contribution in [0.5, 0.6) is 0 Å². The van der Waals surface area contributed by atoms with Crippen molar-refractivity contribution in [2.45, 2.75) is 26.2 Å². The summed E-state index contributed by atoms with van der Waals surface area (Å²) in [6.45, 7) is 5.38.